The van der Waals surface area contributed by atoms with Crippen LogP contribution in [0.25, 0.3) is 0 Å². The average Bonchev–Trinajstić information content (AvgIpc) is 2.62. The number of aliphatic imine (C=N–C) groups is 1. The van der Waals surface area contributed by atoms with Crippen molar-refractivity contribution >= 4 is 17.6 Å². The van der Waals surface area contributed by atoms with Gasteiger partial charge >= 0.3 is 6.09 Å². The summed E-state index contributed by atoms with van der Waals surface area (Å²) in [6.07, 6.45) is -0.0915. The van der Waals surface area contributed by atoms with E-state index in [1.54, 1.807) is 0 Å². The van der Waals surface area contributed by atoms with Gasteiger partial charge in [0, 0.05) is 0 Å². The summed E-state index contributed by atoms with van der Waals surface area (Å²) in [5, 5.41) is 3.00. The molecule has 6 heteroatoms. The summed E-state index contributed by atoms with van der Waals surface area (Å²) in [7, 11) is 0. The van der Waals surface area contributed by atoms with Crippen LogP contribution in [0.1, 0.15) is 50.4 Å². The second-order valence-electron chi connectivity index (χ2n) is 8.41. The average molecular weight is 396 g/mol. The molecule has 29 heavy (non-hydrogen) atoms. The maximum Gasteiger partial charge on any atom is 0.408 e. The first kappa shape index (κ1) is 20.7. The van der Waals surface area contributed by atoms with Gasteiger partial charge in [0.15, 0.2) is 6.10 Å². The number of fused-ring (bicyclic) bond motifs is 1. The van der Waals surface area contributed by atoms with Gasteiger partial charge in [-0.25, -0.2) is 9.79 Å². The molecular formula is C23H29N3O3. The van der Waals surface area contributed by atoms with Crippen LogP contribution < -0.4 is 15.8 Å². The summed E-state index contributed by atoms with van der Waals surface area (Å²) in [5.74, 6) is 1.12. The highest BCUT2D eigenvalue weighted by Crippen LogP contribution is 2.35. The minimum absolute atomic E-state index is 0.253. The van der Waals surface area contributed by atoms with Crippen LogP contribution in [-0.4, -0.2) is 23.6 Å². The van der Waals surface area contributed by atoms with Gasteiger partial charge in [0.1, 0.15) is 22.9 Å². The van der Waals surface area contributed by atoms with Crippen molar-refractivity contribution < 1.29 is 14.3 Å². The molecule has 0 spiro atoms. The van der Waals surface area contributed by atoms with Gasteiger partial charge in [-0.2, -0.15) is 0 Å². The number of carbonyl (C=O) groups is 1. The van der Waals surface area contributed by atoms with Crippen LogP contribution in [0.15, 0.2) is 47.5 Å². The number of hydrogen-bond acceptors (Lipinski definition) is 5. The molecule has 0 aliphatic carbocycles. The number of amidine groups is 1. The fraction of sp³-hybridized carbons (Fsp3) is 0.391. The van der Waals surface area contributed by atoms with Gasteiger partial charge < -0.3 is 20.5 Å². The number of aryl methyl sites for hydroxylation is 1. The molecule has 6 nitrogen and oxygen atoms in total. The van der Waals surface area contributed by atoms with Crippen molar-refractivity contribution in [1.29, 1.82) is 0 Å². The van der Waals surface area contributed by atoms with E-state index in [0.717, 1.165) is 11.1 Å². The number of benzene rings is 2. The summed E-state index contributed by atoms with van der Waals surface area (Å²) in [6.45, 7) is 9.44. The zero-order chi connectivity index (χ0) is 21.2. The van der Waals surface area contributed by atoms with E-state index in [4.69, 9.17) is 15.2 Å². The Labute approximate surface area is 172 Å². The lowest BCUT2D eigenvalue weighted by atomic mass is 9.97. The Balaban J connectivity index is 1.89. The Morgan fingerprint density at radius 1 is 1.24 bits per heavy atom. The zero-order valence-corrected chi connectivity index (χ0v) is 17.7. The summed E-state index contributed by atoms with van der Waals surface area (Å²) in [6, 6.07) is 13.7. The number of hydrogen-bond donors (Lipinski definition) is 2. The second-order valence-corrected chi connectivity index (χ2v) is 8.41. The topological polar surface area (TPSA) is 85.9 Å². The Bertz CT molecular complexity index is 914. The number of amides is 1. The molecule has 2 aromatic rings. The van der Waals surface area contributed by atoms with Crippen molar-refractivity contribution in [2.45, 2.75) is 58.8 Å². The molecular weight excluding hydrogens is 366 g/mol. The largest absolute Gasteiger partial charge is 0.481 e. The SMILES string of the molecule is Cc1ccc(CC(NC(=O)OC(C)(C)C)c2ccc3c(c2)N=C(N)C(C)O3)cc1. The number of nitrogens with one attached hydrogen (secondary N) is 1. The van der Waals surface area contributed by atoms with Crippen LogP contribution >= 0.6 is 0 Å². The molecule has 2 aromatic carbocycles. The molecule has 0 saturated heterocycles. The molecule has 1 heterocycles. The lowest BCUT2D eigenvalue weighted by Crippen LogP contribution is -2.36. The lowest BCUT2D eigenvalue weighted by Gasteiger charge is -2.26. The van der Waals surface area contributed by atoms with E-state index in [1.807, 2.05) is 52.8 Å². The predicted octanol–water partition coefficient (Wildman–Crippen LogP) is 4.57. The van der Waals surface area contributed by atoms with Gasteiger partial charge in [0.05, 0.1) is 6.04 Å². The number of nitrogens with zero attached hydrogens (tertiary/aromatic N) is 1. The number of alkyl carbamates (subject to hydrolysis) is 1. The van der Waals surface area contributed by atoms with Crippen LogP contribution in [0, 0.1) is 6.92 Å². The minimum atomic E-state index is -0.572. The van der Waals surface area contributed by atoms with E-state index in [9.17, 15) is 4.79 Å². The van der Waals surface area contributed by atoms with E-state index >= 15 is 0 Å². The van der Waals surface area contributed by atoms with Crippen LogP contribution in [0.2, 0.25) is 0 Å². The molecule has 1 aliphatic heterocycles. The van der Waals surface area contributed by atoms with Crippen LogP contribution in [0.4, 0.5) is 10.5 Å². The molecule has 2 atom stereocenters. The first-order valence-electron chi connectivity index (χ1n) is 9.80. The third kappa shape index (κ3) is 5.50. The van der Waals surface area contributed by atoms with Crippen molar-refractivity contribution in [2.24, 2.45) is 10.7 Å². The standard InChI is InChI=1S/C23H29N3O3/c1-14-6-8-16(9-7-14)12-18(26-22(27)29-23(3,4)5)17-10-11-20-19(13-17)25-21(24)15(2)28-20/h6-11,13,15,18H,12H2,1-5H3,(H2,24,25)(H,26,27). The molecule has 0 bridgehead atoms. The van der Waals surface area contributed by atoms with Crippen LogP contribution in [0.5, 0.6) is 5.75 Å². The van der Waals surface area contributed by atoms with Crippen LogP contribution in [-0.2, 0) is 11.2 Å². The predicted molar refractivity (Wildman–Crippen MR) is 115 cm³/mol. The fourth-order valence-corrected chi connectivity index (χ4v) is 3.08. The Morgan fingerprint density at radius 2 is 1.93 bits per heavy atom. The van der Waals surface area contributed by atoms with Crippen LogP contribution in [0.3, 0.4) is 0 Å². The molecule has 1 aliphatic rings. The van der Waals surface area contributed by atoms with E-state index in [0.29, 0.717) is 23.7 Å². The maximum absolute atomic E-state index is 12.5. The monoisotopic (exact) mass is 395 g/mol. The van der Waals surface area contributed by atoms with Gasteiger partial charge in [0.2, 0.25) is 0 Å². The molecule has 2 unspecified atom stereocenters. The molecule has 3 rings (SSSR count). The number of rotatable bonds is 4. The lowest BCUT2D eigenvalue weighted by molar-refractivity contribution is 0.0503. The molecule has 1 amide bonds. The van der Waals surface area contributed by atoms with E-state index in [1.165, 1.54) is 5.56 Å². The first-order valence-corrected chi connectivity index (χ1v) is 9.80. The Kier molecular flexibility index (Phi) is 5.82. The van der Waals surface area contributed by atoms with Crippen molar-refractivity contribution in [2.75, 3.05) is 0 Å². The zero-order valence-electron chi connectivity index (χ0n) is 17.7. The van der Waals surface area contributed by atoms with Crippen molar-refractivity contribution in [3.05, 3.63) is 59.2 Å². The smallest absolute Gasteiger partial charge is 0.408 e. The molecule has 154 valence electrons. The quantitative estimate of drug-likeness (QED) is 0.794. The third-order valence-corrected chi connectivity index (χ3v) is 4.61. The fourth-order valence-electron chi connectivity index (χ4n) is 3.08. The summed E-state index contributed by atoms with van der Waals surface area (Å²) >= 11 is 0. The summed E-state index contributed by atoms with van der Waals surface area (Å²) in [4.78, 5) is 16.9. The normalized spacial score (nSPS) is 16.9. The van der Waals surface area contributed by atoms with Crippen molar-refractivity contribution in [3.8, 4) is 5.75 Å². The van der Waals surface area contributed by atoms with Crippen molar-refractivity contribution in [1.82, 2.24) is 5.32 Å². The van der Waals surface area contributed by atoms with E-state index in [-0.39, 0.29) is 12.1 Å². The second kappa shape index (κ2) is 8.15. The Morgan fingerprint density at radius 3 is 2.59 bits per heavy atom. The van der Waals surface area contributed by atoms with Gasteiger partial charge in [-0.15, -0.1) is 0 Å². The van der Waals surface area contributed by atoms with Gasteiger partial charge in [-0.1, -0.05) is 35.9 Å². The minimum Gasteiger partial charge on any atom is -0.481 e. The number of carbonyl (C=O) groups excluding carboxylic acids is 1. The van der Waals surface area contributed by atoms with E-state index < -0.39 is 11.7 Å². The molecule has 0 fully saturated rings. The highest BCUT2D eigenvalue weighted by atomic mass is 16.6. The maximum atomic E-state index is 12.5. The van der Waals surface area contributed by atoms with Gasteiger partial charge in [-0.05, 0) is 64.3 Å². The van der Waals surface area contributed by atoms with Crippen molar-refractivity contribution in [3.63, 3.8) is 0 Å². The number of ether oxygens (including phenoxy) is 2. The highest BCUT2D eigenvalue weighted by molar-refractivity contribution is 5.89. The highest BCUT2D eigenvalue weighted by Gasteiger charge is 2.24. The number of nitrogens with two attached hydrogens (primary N) is 1. The van der Waals surface area contributed by atoms with E-state index in [2.05, 4.69) is 34.6 Å². The van der Waals surface area contributed by atoms with Gasteiger partial charge in [-0.3, -0.25) is 0 Å². The molecule has 0 radical (unpaired) electrons. The first-order chi connectivity index (χ1) is 13.6. The summed E-state index contributed by atoms with van der Waals surface area (Å²) in [5.41, 5.74) is 9.25. The molecule has 0 saturated carbocycles. The third-order valence-electron chi connectivity index (χ3n) is 4.61. The Hall–Kier alpha value is -3.02. The van der Waals surface area contributed by atoms with Gasteiger partial charge in [0.25, 0.3) is 0 Å². The summed E-state index contributed by atoms with van der Waals surface area (Å²) < 4.78 is 11.3. The molecule has 0 aromatic heterocycles. The molecule has 3 N–H and O–H groups in total.